The number of ether oxygens (including phenoxy) is 1. The van der Waals surface area contributed by atoms with E-state index < -0.39 is 11.7 Å². The van der Waals surface area contributed by atoms with Crippen LogP contribution in [0.5, 0.6) is 11.5 Å². The van der Waals surface area contributed by atoms with Crippen molar-refractivity contribution in [2.75, 3.05) is 0 Å². The van der Waals surface area contributed by atoms with Crippen LogP contribution in [0, 0.1) is 12.3 Å². The molecule has 0 bridgehead atoms. The van der Waals surface area contributed by atoms with Crippen molar-refractivity contribution in [3.63, 3.8) is 0 Å². The summed E-state index contributed by atoms with van der Waals surface area (Å²) in [5.74, 6) is 4.17. The Morgan fingerprint density at radius 1 is 0.600 bits per heavy atom. The first-order valence-corrected chi connectivity index (χ1v) is 17.0. The molecule has 0 radical (unpaired) electrons. The van der Waals surface area contributed by atoms with Crippen molar-refractivity contribution in [2.45, 2.75) is 32.4 Å². The van der Waals surface area contributed by atoms with Gasteiger partial charge in [-0.15, -0.1) is 17.8 Å². The molecule has 5 aromatic carbocycles. The maximum absolute atomic E-state index is 13.3. The second-order valence-corrected chi connectivity index (χ2v) is 14.2. The summed E-state index contributed by atoms with van der Waals surface area (Å²) >= 11 is 1.60. The molecule has 246 valence electrons. The molecule has 0 fully saturated rings. The van der Waals surface area contributed by atoms with Crippen LogP contribution in [0.15, 0.2) is 133 Å². The third kappa shape index (κ3) is 6.78. The van der Waals surface area contributed by atoms with Crippen LogP contribution in [-0.4, -0.2) is 4.98 Å². The highest BCUT2D eigenvalue weighted by Crippen LogP contribution is 2.40. The van der Waals surface area contributed by atoms with Crippen LogP contribution in [-0.2, 0) is 11.6 Å². The molecule has 0 aliphatic heterocycles. The number of hydrogen-bond acceptors (Lipinski definition) is 3. The van der Waals surface area contributed by atoms with Crippen LogP contribution in [0.25, 0.3) is 54.9 Å². The molecule has 2 aromatic heterocycles. The summed E-state index contributed by atoms with van der Waals surface area (Å²) in [6.07, 6.45) is 1.48. The number of thiophene rings is 1. The molecule has 6 heteroatoms. The van der Waals surface area contributed by atoms with Gasteiger partial charge in [-0.05, 0) is 94.4 Å². The van der Waals surface area contributed by atoms with E-state index in [1.807, 2.05) is 84.9 Å². The molecule has 0 saturated carbocycles. The van der Waals surface area contributed by atoms with Gasteiger partial charge < -0.3 is 4.74 Å². The molecular weight excluding hydrogens is 648 g/mol. The maximum atomic E-state index is 13.3. The lowest BCUT2D eigenvalue weighted by Crippen LogP contribution is -2.10. The molecular formula is C44H32F3NOS. The fourth-order valence-electron chi connectivity index (χ4n) is 5.96. The largest absolute Gasteiger partial charge is 0.457 e. The standard InChI is InChI=1S/C44H32F3NOS/c1-5-40-42(37-11-6-7-12-41(37)50-40)31-9-8-10-36(25-31)49-35-23-17-30(18-24-35)39-27-32(28-13-21-34(22-14-28)44(45,46)47)26-38(48-39)29-15-19-33(20-16-29)43(2,3)4/h1,6-27H,2-4H3. The number of aromatic nitrogens is 1. The second-order valence-electron chi connectivity index (χ2n) is 13.1. The molecule has 2 nitrogen and oxygen atoms in total. The summed E-state index contributed by atoms with van der Waals surface area (Å²) in [6.45, 7) is 6.48. The number of terminal acetylenes is 1. The summed E-state index contributed by atoms with van der Waals surface area (Å²) in [4.78, 5) is 5.88. The molecule has 7 rings (SSSR count). The third-order valence-electron chi connectivity index (χ3n) is 8.65. The number of rotatable bonds is 6. The van der Waals surface area contributed by atoms with E-state index in [0.29, 0.717) is 22.8 Å². The highest BCUT2D eigenvalue weighted by molar-refractivity contribution is 7.20. The lowest BCUT2D eigenvalue weighted by molar-refractivity contribution is -0.137. The molecule has 0 unspecified atom stereocenters. The molecule has 0 N–H and O–H groups in total. The molecule has 0 saturated heterocycles. The van der Waals surface area contributed by atoms with Gasteiger partial charge in [-0.3, -0.25) is 0 Å². The SMILES string of the molecule is C#Cc1sc2ccccc2c1-c1cccc(Oc2ccc(-c3cc(-c4ccc(C(F)(F)F)cc4)cc(-c4ccc(C(C)(C)C)cc4)n3)cc2)c1. The van der Waals surface area contributed by atoms with E-state index in [9.17, 15) is 13.2 Å². The molecule has 0 amide bonds. The van der Waals surface area contributed by atoms with Gasteiger partial charge in [0.05, 0.1) is 21.8 Å². The predicted octanol–water partition coefficient (Wildman–Crippen LogP) is 13.1. The van der Waals surface area contributed by atoms with E-state index >= 15 is 0 Å². The first kappa shape index (κ1) is 32.9. The topological polar surface area (TPSA) is 22.1 Å². The van der Waals surface area contributed by atoms with Gasteiger partial charge >= 0.3 is 6.18 Å². The number of fused-ring (bicyclic) bond motifs is 1. The Morgan fingerprint density at radius 3 is 1.82 bits per heavy atom. The lowest BCUT2D eigenvalue weighted by Gasteiger charge is -2.19. The summed E-state index contributed by atoms with van der Waals surface area (Å²) in [7, 11) is 0. The zero-order valence-corrected chi connectivity index (χ0v) is 28.5. The van der Waals surface area contributed by atoms with Gasteiger partial charge in [0, 0.05) is 26.8 Å². The number of pyridine rings is 1. The van der Waals surface area contributed by atoms with Crippen molar-refractivity contribution >= 4 is 21.4 Å². The van der Waals surface area contributed by atoms with Crippen LogP contribution < -0.4 is 4.74 Å². The molecule has 0 aliphatic rings. The van der Waals surface area contributed by atoms with Gasteiger partial charge in [0.25, 0.3) is 0 Å². The Hall–Kier alpha value is -5.64. The summed E-state index contributed by atoms with van der Waals surface area (Å²) in [5, 5.41) is 1.11. The van der Waals surface area contributed by atoms with Gasteiger partial charge in [0.2, 0.25) is 0 Å². The fourth-order valence-corrected chi connectivity index (χ4v) is 7.00. The molecule has 7 aromatic rings. The first-order valence-electron chi connectivity index (χ1n) is 16.1. The number of hydrogen-bond donors (Lipinski definition) is 0. The molecule has 0 spiro atoms. The molecule has 0 aliphatic carbocycles. The summed E-state index contributed by atoms with van der Waals surface area (Å²) < 4.78 is 47.4. The maximum Gasteiger partial charge on any atom is 0.416 e. The quantitative estimate of drug-likeness (QED) is 0.163. The van der Waals surface area contributed by atoms with E-state index in [0.717, 1.165) is 60.6 Å². The Kier molecular flexibility index (Phi) is 8.55. The van der Waals surface area contributed by atoms with Crippen LogP contribution in [0.4, 0.5) is 13.2 Å². The Labute approximate surface area is 293 Å². The first-order chi connectivity index (χ1) is 24.0. The molecule has 2 heterocycles. The zero-order chi connectivity index (χ0) is 35.0. The van der Waals surface area contributed by atoms with Gasteiger partial charge in [0.15, 0.2) is 0 Å². The molecule has 50 heavy (non-hydrogen) atoms. The highest BCUT2D eigenvalue weighted by atomic mass is 32.1. The lowest BCUT2D eigenvalue weighted by atomic mass is 9.86. The van der Waals surface area contributed by atoms with Crippen LogP contribution in [0.3, 0.4) is 0 Å². The van der Waals surface area contributed by atoms with Gasteiger partial charge in [-0.1, -0.05) is 93.4 Å². The minimum Gasteiger partial charge on any atom is -0.457 e. The van der Waals surface area contributed by atoms with Gasteiger partial charge in [-0.25, -0.2) is 4.98 Å². The Bertz CT molecular complexity index is 2280. The van der Waals surface area contributed by atoms with Crippen molar-refractivity contribution < 1.29 is 17.9 Å². The van der Waals surface area contributed by atoms with E-state index in [1.54, 1.807) is 11.3 Å². The van der Waals surface area contributed by atoms with Gasteiger partial charge in [-0.2, -0.15) is 13.2 Å². The Balaban J connectivity index is 1.21. The fraction of sp³-hybridized carbons (Fsp3) is 0.114. The minimum atomic E-state index is -4.41. The highest BCUT2D eigenvalue weighted by Gasteiger charge is 2.30. The average molecular weight is 680 g/mol. The number of benzene rings is 5. The van der Waals surface area contributed by atoms with Crippen LogP contribution in [0.1, 0.15) is 36.8 Å². The van der Waals surface area contributed by atoms with Crippen molar-refractivity contribution in [1.29, 1.82) is 0 Å². The summed E-state index contributed by atoms with van der Waals surface area (Å²) in [6, 6.07) is 41.1. The average Bonchev–Trinajstić information content (AvgIpc) is 3.50. The second kappa shape index (κ2) is 13.0. The van der Waals surface area contributed by atoms with Crippen molar-refractivity contribution in [3.8, 4) is 68.6 Å². The third-order valence-corrected chi connectivity index (χ3v) is 9.75. The normalized spacial score (nSPS) is 11.8. The minimum absolute atomic E-state index is 0.00672. The number of alkyl halides is 3. The molecule has 0 atom stereocenters. The van der Waals surface area contributed by atoms with E-state index in [4.69, 9.17) is 16.1 Å². The van der Waals surface area contributed by atoms with Crippen molar-refractivity contribution in [1.82, 2.24) is 4.98 Å². The monoisotopic (exact) mass is 679 g/mol. The van der Waals surface area contributed by atoms with E-state index in [-0.39, 0.29) is 5.41 Å². The zero-order valence-electron chi connectivity index (χ0n) is 27.7. The van der Waals surface area contributed by atoms with E-state index in [1.165, 1.54) is 17.7 Å². The smallest absolute Gasteiger partial charge is 0.416 e. The predicted molar refractivity (Wildman–Crippen MR) is 200 cm³/mol. The summed E-state index contributed by atoms with van der Waals surface area (Å²) in [5.41, 5.74) is 7.12. The number of nitrogens with zero attached hydrogens (tertiary/aromatic N) is 1. The van der Waals surface area contributed by atoms with E-state index in [2.05, 4.69) is 51.0 Å². The van der Waals surface area contributed by atoms with Crippen LogP contribution >= 0.6 is 11.3 Å². The Morgan fingerprint density at radius 2 is 1.20 bits per heavy atom. The van der Waals surface area contributed by atoms with Crippen molar-refractivity contribution in [2.24, 2.45) is 0 Å². The van der Waals surface area contributed by atoms with Gasteiger partial charge in [0.1, 0.15) is 11.5 Å². The van der Waals surface area contributed by atoms with Crippen LogP contribution in [0.2, 0.25) is 0 Å². The van der Waals surface area contributed by atoms with Crippen molar-refractivity contribution in [3.05, 3.63) is 149 Å². The number of halogens is 3.